The van der Waals surface area contributed by atoms with Gasteiger partial charge < -0.3 is 10.1 Å². The monoisotopic (exact) mass is 186 g/mol. The molecule has 2 N–H and O–H groups in total. The van der Waals surface area contributed by atoms with E-state index >= 15 is 0 Å². The number of H-pyrrole nitrogens is 1. The second-order valence-electron chi connectivity index (χ2n) is 2.86. The van der Waals surface area contributed by atoms with Gasteiger partial charge in [-0.2, -0.15) is 5.26 Å². The predicted octanol–water partition coefficient (Wildman–Crippen LogP) is 1.11. The van der Waals surface area contributed by atoms with Gasteiger partial charge in [0, 0.05) is 5.39 Å². The normalized spacial score (nSPS) is 9.93. The maximum absolute atomic E-state index is 11.4. The molecule has 1 heterocycles. The van der Waals surface area contributed by atoms with Crippen molar-refractivity contribution in [2.75, 3.05) is 0 Å². The van der Waals surface area contributed by atoms with E-state index < -0.39 is 0 Å². The average molecular weight is 186 g/mol. The molecule has 0 fully saturated rings. The lowest BCUT2D eigenvalue weighted by atomic mass is 10.1. The molecule has 2 rings (SSSR count). The molecule has 0 saturated carbocycles. The Hall–Kier alpha value is -2.28. The maximum Gasteiger partial charge on any atom is 0.256 e. The van der Waals surface area contributed by atoms with Crippen molar-refractivity contribution in [1.29, 1.82) is 5.26 Å². The van der Waals surface area contributed by atoms with Gasteiger partial charge in [0.05, 0.1) is 5.39 Å². The van der Waals surface area contributed by atoms with E-state index in [0.717, 1.165) is 0 Å². The van der Waals surface area contributed by atoms with E-state index in [0.29, 0.717) is 10.8 Å². The number of aromatic nitrogens is 1. The summed E-state index contributed by atoms with van der Waals surface area (Å²) < 4.78 is 0. The Morgan fingerprint density at radius 1 is 1.36 bits per heavy atom. The average Bonchev–Trinajstić information content (AvgIpc) is 2.19. The summed E-state index contributed by atoms with van der Waals surface area (Å²) in [7, 11) is 0. The van der Waals surface area contributed by atoms with Crippen LogP contribution in [-0.4, -0.2) is 10.1 Å². The summed E-state index contributed by atoms with van der Waals surface area (Å²) in [4.78, 5) is 13.8. The van der Waals surface area contributed by atoms with E-state index in [-0.39, 0.29) is 17.0 Å². The number of aromatic amines is 1. The highest BCUT2D eigenvalue weighted by Crippen LogP contribution is 2.21. The minimum absolute atomic E-state index is 0.00472. The number of pyridine rings is 1. The number of benzene rings is 1. The molecule has 1 aromatic heterocycles. The van der Waals surface area contributed by atoms with Crippen LogP contribution < -0.4 is 5.56 Å². The van der Waals surface area contributed by atoms with Gasteiger partial charge in [-0.05, 0) is 18.2 Å². The molecule has 0 bridgehead atoms. The number of hydrogen-bond acceptors (Lipinski definition) is 3. The molecule has 0 spiro atoms. The van der Waals surface area contributed by atoms with Crippen LogP contribution in [0.15, 0.2) is 29.1 Å². The quantitative estimate of drug-likeness (QED) is 0.646. The van der Waals surface area contributed by atoms with Crippen molar-refractivity contribution in [1.82, 2.24) is 4.98 Å². The molecule has 14 heavy (non-hydrogen) atoms. The predicted molar refractivity (Wildman–Crippen MR) is 50.9 cm³/mol. The number of hydrogen-bond donors (Lipinski definition) is 2. The number of aromatic hydroxyl groups is 1. The minimum atomic E-state index is -0.366. The van der Waals surface area contributed by atoms with Crippen LogP contribution >= 0.6 is 0 Å². The molecule has 2 aromatic rings. The van der Waals surface area contributed by atoms with Crippen LogP contribution in [0.3, 0.4) is 0 Å². The van der Waals surface area contributed by atoms with Crippen molar-refractivity contribution >= 4 is 10.8 Å². The molecule has 4 heteroatoms. The Bertz CT molecular complexity index is 593. The molecular weight excluding hydrogens is 180 g/mol. The molecule has 68 valence electrons. The van der Waals surface area contributed by atoms with Crippen LogP contribution in [0.4, 0.5) is 0 Å². The second-order valence-corrected chi connectivity index (χ2v) is 2.86. The summed E-state index contributed by atoms with van der Waals surface area (Å²) in [6.45, 7) is 0. The molecule has 0 aliphatic rings. The lowest BCUT2D eigenvalue weighted by molar-refractivity contribution is 0.481. The number of phenols is 1. The zero-order valence-corrected chi connectivity index (χ0v) is 7.11. The fourth-order valence-electron chi connectivity index (χ4n) is 1.33. The van der Waals surface area contributed by atoms with Crippen molar-refractivity contribution in [3.8, 4) is 11.8 Å². The van der Waals surface area contributed by atoms with Crippen molar-refractivity contribution in [2.45, 2.75) is 0 Å². The SMILES string of the molecule is N#Cc1cc2c(O)cccc2c(=O)[nH]1. The van der Waals surface area contributed by atoms with E-state index in [1.54, 1.807) is 12.1 Å². The first kappa shape index (κ1) is 8.32. The highest BCUT2D eigenvalue weighted by atomic mass is 16.3. The first-order valence-corrected chi connectivity index (χ1v) is 3.97. The van der Waals surface area contributed by atoms with E-state index in [1.165, 1.54) is 12.1 Å². The van der Waals surface area contributed by atoms with Gasteiger partial charge in [0.2, 0.25) is 0 Å². The Morgan fingerprint density at radius 2 is 2.14 bits per heavy atom. The Labute approximate surface area is 79.0 Å². The summed E-state index contributed by atoms with van der Waals surface area (Å²) in [6.07, 6.45) is 0. The molecule has 0 aliphatic carbocycles. The standard InChI is InChI=1S/C10H6N2O2/c11-5-6-4-8-7(10(14)12-6)2-1-3-9(8)13/h1-4,13H,(H,12,14). The maximum atomic E-state index is 11.4. The lowest BCUT2D eigenvalue weighted by Gasteiger charge is -1.99. The number of nitrogens with one attached hydrogen (secondary N) is 1. The third-order valence-electron chi connectivity index (χ3n) is 1.99. The molecule has 0 aliphatic heterocycles. The van der Waals surface area contributed by atoms with Crippen LogP contribution in [0.1, 0.15) is 5.69 Å². The van der Waals surface area contributed by atoms with Crippen molar-refractivity contribution in [2.24, 2.45) is 0 Å². The van der Waals surface area contributed by atoms with Crippen molar-refractivity contribution < 1.29 is 5.11 Å². The smallest absolute Gasteiger partial charge is 0.256 e. The largest absolute Gasteiger partial charge is 0.507 e. The Balaban J connectivity index is 3.00. The molecule has 4 nitrogen and oxygen atoms in total. The zero-order valence-electron chi connectivity index (χ0n) is 7.11. The van der Waals surface area contributed by atoms with Gasteiger partial charge in [-0.15, -0.1) is 0 Å². The number of nitriles is 1. The fourth-order valence-corrected chi connectivity index (χ4v) is 1.33. The molecule has 0 atom stereocenters. The fraction of sp³-hybridized carbons (Fsp3) is 0. The summed E-state index contributed by atoms with van der Waals surface area (Å²) in [5.74, 6) is 0.00472. The molecule has 1 aromatic carbocycles. The Morgan fingerprint density at radius 3 is 2.86 bits per heavy atom. The van der Waals surface area contributed by atoms with Crippen LogP contribution in [-0.2, 0) is 0 Å². The second kappa shape index (κ2) is 2.89. The lowest BCUT2D eigenvalue weighted by Crippen LogP contribution is -2.07. The van der Waals surface area contributed by atoms with Gasteiger partial charge >= 0.3 is 0 Å². The number of fused-ring (bicyclic) bond motifs is 1. The number of rotatable bonds is 0. The zero-order chi connectivity index (χ0) is 10.1. The van der Waals surface area contributed by atoms with Gasteiger partial charge in [-0.3, -0.25) is 4.79 Å². The molecule has 0 amide bonds. The van der Waals surface area contributed by atoms with E-state index in [2.05, 4.69) is 4.98 Å². The molecule has 0 saturated heterocycles. The van der Waals surface area contributed by atoms with Crippen LogP contribution in [0.5, 0.6) is 5.75 Å². The van der Waals surface area contributed by atoms with Gasteiger partial charge in [-0.1, -0.05) is 6.07 Å². The first-order valence-electron chi connectivity index (χ1n) is 3.97. The first-order chi connectivity index (χ1) is 6.72. The highest BCUT2D eigenvalue weighted by molar-refractivity contribution is 5.87. The van der Waals surface area contributed by atoms with Crippen molar-refractivity contribution in [3.05, 3.63) is 40.3 Å². The van der Waals surface area contributed by atoms with Gasteiger partial charge in [0.15, 0.2) is 0 Å². The summed E-state index contributed by atoms with van der Waals surface area (Å²) in [5, 5.41) is 18.8. The van der Waals surface area contributed by atoms with Crippen LogP contribution in [0, 0.1) is 11.3 Å². The molecule has 0 radical (unpaired) electrons. The van der Waals surface area contributed by atoms with Crippen LogP contribution in [0.2, 0.25) is 0 Å². The summed E-state index contributed by atoms with van der Waals surface area (Å²) in [5.41, 5.74) is -0.223. The Kier molecular flexibility index (Phi) is 1.72. The van der Waals surface area contributed by atoms with E-state index in [4.69, 9.17) is 5.26 Å². The highest BCUT2D eigenvalue weighted by Gasteiger charge is 2.04. The topological polar surface area (TPSA) is 76.9 Å². The van der Waals surface area contributed by atoms with E-state index in [1.807, 2.05) is 6.07 Å². The third-order valence-corrected chi connectivity index (χ3v) is 1.99. The minimum Gasteiger partial charge on any atom is -0.507 e. The van der Waals surface area contributed by atoms with Gasteiger partial charge in [-0.25, -0.2) is 0 Å². The van der Waals surface area contributed by atoms with Gasteiger partial charge in [0.25, 0.3) is 5.56 Å². The van der Waals surface area contributed by atoms with Crippen LogP contribution in [0.25, 0.3) is 10.8 Å². The number of nitrogens with zero attached hydrogens (tertiary/aromatic N) is 1. The third kappa shape index (κ3) is 1.12. The summed E-state index contributed by atoms with van der Waals surface area (Å²) >= 11 is 0. The van der Waals surface area contributed by atoms with Gasteiger partial charge in [0.1, 0.15) is 17.5 Å². The molecule has 0 unspecified atom stereocenters. The van der Waals surface area contributed by atoms with Crippen molar-refractivity contribution in [3.63, 3.8) is 0 Å². The molecular formula is C10H6N2O2. The number of phenolic OH excluding ortho intramolecular Hbond substituents is 1. The summed E-state index contributed by atoms with van der Waals surface area (Å²) in [6, 6.07) is 7.92. The van der Waals surface area contributed by atoms with E-state index in [9.17, 15) is 9.90 Å².